The van der Waals surface area contributed by atoms with E-state index in [1.54, 1.807) is 6.20 Å². The summed E-state index contributed by atoms with van der Waals surface area (Å²) in [6.07, 6.45) is 4.63. The second kappa shape index (κ2) is 8.96. The molecule has 0 amide bonds. The second-order valence-corrected chi connectivity index (χ2v) is 3.72. The van der Waals surface area contributed by atoms with Gasteiger partial charge in [0.25, 0.3) is 0 Å². The lowest BCUT2D eigenvalue weighted by Crippen LogP contribution is -2.14. The van der Waals surface area contributed by atoms with Crippen molar-refractivity contribution >= 4 is 0 Å². The number of hydrogen-bond acceptors (Lipinski definition) is 4. The molecular weight excluding hydrogens is 216 g/mol. The molecule has 0 bridgehead atoms. The first kappa shape index (κ1) is 13.9. The normalized spacial score (nSPS) is 10.5. The van der Waals surface area contributed by atoms with Crippen molar-refractivity contribution in [2.24, 2.45) is 0 Å². The van der Waals surface area contributed by atoms with Crippen LogP contribution in [0.15, 0.2) is 18.5 Å². The van der Waals surface area contributed by atoms with Gasteiger partial charge in [0.15, 0.2) is 0 Å². The number of ether oxygens (including phenoxy) is 2. The lowest BCUT2D eigenvalue weighted by atomic mass is 10.2. The smallest absolute Gasteiger partial charge is 0.126 e. The van der Waals surface area contributed by atoms with Gasteiger partial charge in [-0.25, -0.2) is 0 Å². The quantitative estimate of drug-likeness (QED) is 0.668. The minimum atomic E-state index is 0.586. The summed E-state index contributed by atoms with van der Waals surface area (Å²) in [7, 11) is 0. The highest BCUT2D eigenvalue weighted by atomic mass is 16.5. The first-order chi connectivity index (χ1) is 8.38. The molecule has 0 spiro atoms. The fourth-order valence-electron chi connectivity index (χ4n) is 1.40. The highest BCUT2D eigenvalue weighted by Crippen LogP contribution is 2.15. The van der Waals surface area contributed by atoms with Crippen molar-refractivity contribution in [1.29, 1.82) is 0 Å². The first-order valence-corrected chi connectivity index (χ1v) is 6.22. The maximum atomic E-state index is 5.68. The molecule has 17 heavy (non-hydrogen) atoms. The first-order valence-electron chi connectivity index (χ1n) is 6.22. The summed E-state index contributed by atoms with van der Waals surface area (Å²) in [5.41, 5.74) is 1.09. The van der Waals surface area contributed by atoms with Gasteiger partial charge < -0.3 is 14.8 Å². The lowest BCUT2D eigenvalue weighted by molar-refractivity contribution is 0.100. The average molecular weight is 238 g/mol. The third-order valence-corrected chi connectivity index (χ3v) is 2.26. The Labute approximate surface area is 103 Å². The van der Waals surface area contributed by atoms with Crippen molar-refractivity contribution in [2.45, 2.75) is 26.8 Å². The van der Waals surface area contributed by atoms with Gasteiger partial charge in [0.1, 0.15) is 12.4 Å². The van der Waals surface area contributed by atoms with Crippen LogP contribution in [0.2, 0.25) is 0 Å². The molecule has 1 heterocycles. The summed E-state index contributed by atoms with van der Waals surface area (Å²) < 4.78 is 11.0. The van der Waals surface area contributed by atoms with Crippen molar-refractivity contribution in [3.8, 4) is 5.75 Å². The van der Waals surface area contributed by atoms with Crippen LogP contribution in [0.4, 0.5) is 0 Å². The van der Waals surface area contributed by atoms with Crippen molar-refractivity contribution in [1.82, 2.24) is 10.3 Å². The van der Waals surface area contributed by atoms with E-state index in [0.717, 1.165) is 37.4 Å². The third kappa shape index (κ3) is 5.65. The van der Waals surface area contributed by atoms with Crippen LogP contribution in [0.3, 0.4) is 0 Å². The molecule has 0 unspecified atom stereocenters. The molecular formula is C13H22N2O2. The molecule has 0 saturated carbocycles. The molecule has 1 aromatic rings. The van der Waals surface area contributed by atoms with Gasteiger partial charge in [-0.15, -0.1) is 0 Å². The maximum Gasteiger partial charge on any atom is 0.126 e. The molecule has 0 aliphatic rings. The van der Waals surface area contributed by atoms with Crippen LogP contribution in [0.1, 0.15) is 25.8 Å². The summed E-state index contributed by atoms with van der Waals surface area (Å²) >= 11 is 0. The highest BCUT2D eigenvalue weighted by molar-refractivity contribution is 5.29. The van der Waals surface area contributed by atoms with Crippen molar-refractivity contribution < 1.29 is 9.47 Å². The number of nitrogens with one attached hydrogen (secondary N) is 1. The minimum Gasteiger partial charge on any atom is -0.491 e. The Kier molecular flexibility index (Phi) is 7.34. The summed E-state index contributed by atoms with van der Waals surface area (Å²) in [6.45, 7) is 7.92. The molecule has 0 radical (unpaired) electrons. The van der Waals surface area contributed by atoms with Gasteiger partial charge in [-0.05, 0) is 19.0 Å². The van der Waals surface area contributed by atoms with Crippen molar-refractivity contribution in [3.63, 3.8) is 0 Å². The number of nitrogens with zero attached hydrogens (tertiary/aromatic N) is 1. The largest absolute Gasteiger partial charge is 0.491 e. The molecule has 0 saturated heterocycles. The predicted molar refractivity (Wildman–Crippen MR) is 68.2 cm³/mol. The molecule has 0 atom stereocenters. The van der Waals surface area contributed by atoms with E-state index in [-0.39, 0.29) is 0 Å². The monoisotopic (exact) mass is 238 g/mol. The van der Waals surface area contributed by atoms with E-state index in [1.807, 2.05) is 12.3 Å². The average Bonchev–Trinajstić information content (AvgIpc) is 2.37. The van der Waals surface area contributed by atoms with Gasteiger partial charge in [-0.2, -0.15) is 0 Å². The van der Waals surface area contributed by atoms with E-state index in [2.05, 4.69) is 24.1 Å². The molecule has 0 aromatic carbocycles. The SMILES string of the molecule is CCCOCCOc1ccncc1CNCC. The second-order valence-electron chi connectivity index (χ2n) is 3.72. The van der Waals surface area contributed by atoms with Gasteiger partial charge in [0.2, 0.25) is 0 Å². The van der Waals surface area contributed by atoms with E-state index < -0.39 is 0 Å². The number of aromatic nitrogens is 1. The van der Waals surface area contributed by atoms with Crippen LogP contribution in [-0.4, -0.2) is 31.3 Å². The van der Waals surface area contributed by atoms with Crippen LogP contribution in [-0.2, 0) is 11.3 Å². The van der Waals surface area contributed by atoms with Gasteiger partial charge in [-0.3, -0.25) is 4.98 Å². The Morgan fingerprint density at radius 2 is 2.12 bits per heavy atom. The van der Waals surface area contributed by atoms with Crippen LogP contribution >= 0.6 is 0 Å². The molecule has 0 aliphatic carbocycles. The Morgan fingerprint density at radius 3 is 2.88 bits per heavy atom. The Balaban J connectivity index is 2.35. The van der Waals surface area contributed by atoms with E-state index in [0.29, 0.717) is 13.2 Å². The fraction of sp³-hybridized carbons (Fsp3) is 0.615. The van der Waals surface area contributed by atoms with E-state index >= 15 is 0 Å². The van der Waals surface area contributed by atoms with Crippen LogP contribution in [0.25, 0.3) is 0 Å². The summed E-state index contributed by atoms with van der Waals surface area (Å²) in [6, 6.07) is 1.90. The third-order valence-electron chi connectivity index (χ3n) is 2.26. The Bertz CT molecular complexity index is 305. The van der Waals surface area contributed by atoms with Crippen molar-refractivity contribution in [3.05, 3.63) is 24.0 Å². The van der Waals surface area contributed by atoms with Gasteiger partial charge in [0, 0.05) is 31.1 Å². The molecule has 96 valence electrons. The van der Waals surface area contributed by atoms with Crippen LogP contribution < -0.4 is 10.1 Å². The van der Waals surface area contributed by atoms with Crippen molar-refractivity contribution in [2.75, 3.05) is 26.4 Å². The summed E-state index contributed by atoms with van der Waals surface area (Å²) in [4.78, 5) is 4.10. The number of rotatable bonds is 9. The molecule has 1 N–H and O–H groups in total. The summed E-state index contributed by atoms with van der Waals surface area (Å²) in [5, 5.41) is 3.26. The van der Waals surface area contributed by atoms with Crippen LogP contribution in [0, 0.1) is 0 Å². The van der Waals surface area contributed by atoms with E-state index in [4.69, 9.17) is 9.47 Å². The maximum absolute atomic E-state index is 5.68. The Morgan fingerprint density at radius 1 is 1.24 bits per heavy atom. The van der Waals surface area contributed by atoms with Gasteiger partial charge >= 0.3 is 0 Å². The Hall–Kier alpha value is -1.13. The molecule has 1 aromatic heterocycles. The van der Waals surface area contributed by atoms with E-state index in [9.17, 15) is 0 Å². The highest BCUT2D eigenvalue weighted by Gasteiger charge is 2.02. The van der Waals surface area contributed by atoms with Gasteiger partial charge in [0.05, 0.1) is 6.61 Å². The standard InChI is InChI=1S/C13H22N2O2/c1-3-7-16-8-9-17-13-5-6-15-11-12(13)10-14-4-2/h5-6,11,14H,3-4,7-10H2,1-2H3. The number of hydrogen-bond donors (Lipinski definition) is 1. The topological polar surface area (TPSA) is 43.4 Å². The van der Waals surface area contributed by atoms with Crippen LogP contribution in [0.5, 0.6) is 5.75 Å². The molecule has 4 heteroatoms. The molecule has 4 nitrogen and oxygen atoms in total. The fourth-order valence-corrected chi connectivity index (χ4v) is 1.40. The number of pyridine rings is 1. The zero-order valence-electron chi connectivity index (χ0n) is 10.7. The molecule has 1 rings (SSSR count). The predicted octanol–water partition coefficient (Wildman–Crippen LogP) is 2.00. The summed E-state index contributed by atoms with van der Waals surface area (Å²) in [5.74, 6) is 0.890. The zero-order valence-corrected chi connectivity index (χ0v) is 10.7. The van der Waals surface area contributed by atoms with Gasteiger partial charge in [-0.1, -0.05) is 13.8 Å². The molecule has 0 aliphatic heterocycles. The zero-order chi connectivity index (χ0) is 12.3. The minimum absolute atomic E-state index is 0.586. The van der Waals surface area contributed by atoms with E-state index in [1.165, 1.54) is 0 Å². The lowest BCUT2D eigenvalue weighted by Gasteiger charge is -2.11. The molecule has 0 fully saturated rings.